The van der Waals surface area contributed by atoms with Gasteiger partial charge in [0.15, 0.2) is 0 Å². The van der Waals surface area contributed by atoms with Crippen molar-refractivity contribution in [3.63, 3.8) is 0 Å². The molecular weight excluding hydrogens is 376 g/mol. The minimum Gasteiger partial charge on any atom is -0.489 e. The number of ether oxygens (including phenoxy) is 1. The van der Waals surface area contributed by atoms with Gasteiger partial charge in [-0.1, -0.05) is 35.9 Å². The highest BCUT2D eigenvalue weighted by Gasteiger charge is 2.29. The fraction of sp³-hybridized carbons (Fsp3) is 0.440. The molecule has 0 bridgehead atoms. The van der Waals surface area contributed by atoms with Gasteiger partial charge in [-0.2, -0.15) is 0 Å². The molecule has 1 aliphatic heterocycles. The summed E-state index contributed by atoms with van der Waals surface area (Å²) in [7, 11) is 0. The lowest BCUT2D eigenvalue weighted by atomic mass is 9.94. The molecular formula is C25H32N2O3. The number of carbonyl (C=O) groups is 2. The number of likely N-dealkylation sites (tertiary alicyclic amines) is 1. The Balaban J connectivity index is 1.57. The molecule has 1 heterocycles. The third-order valence-corrected chi connectivity index (χ3v) is 5.78. The number of carbonyl (C=O) groups excluding carboxylic acids is 2. The summed E-state index contributed by atoms with van der Waals surface area (Å²) in [5, 5.41) is 0. The molecule has 0 spiro atoms. The van der Waals surface area contributed by atoms with Crippen molar-refractivity contribution in [2.75, 3.05) is 26.2 Å². The molecule has 2 amide bonds. The molecule has 0 radical (unpaired) electrons. The van der Waals surface area contributed by atoms with Crippen molar-refractivity contribution in [3.05, 3.63) is 65.2 Å². The van der Waals surface area contributed by atoms with E-state index in [0.29, 0.717) is 31.0 Å². The standard InChI is InChI=1S/C25H32N2O3/c1-4-26(5-2)24(28)21-12-14-27(15-13-21)25(29)22-10-7-11-23(17-22)30-18-20-9-6-8-19(3)16-20/h6-11,16-17,21H,4-5,12-15,18H2,1-3H3. The quantitative estimate of drug-likeness (QED) is 0.687. The van der Waals surface area contributed by atoms with Crippen LogP contribution in [0.5, 0.6) is 5.75 Å². The molecule has 0 atom stereocenters. The van der Waals surface area contributed by atoms with Crippen LogP contribution in [0.2, 0.25) is 0 Å². The first-order chi connectivity index (χ1) is 14.5. The van der Waals surface area contributed by atoms with Crippen LogP contribution in [0.3, 0.4) is 0 Å². The van der Waals surface area contributed by atoms with Crippen molar-refractivity contribution in [1.29, 1.82) is 0 Å². The summed E-state index contributed by atoms with van der Waals surface area (Å²) in [6, 6.07) is 15.6. The van der Waals surface area contributed by atoms with E-state index in [9.17, 15) is 9.59 Å². The molecule has 0 N–H and O–H groups in total. The Hall–Kier alpha value is -2.82. The highest BCUT2D eigenvalue weighted by Crippen LogP contribution is 2.23. The van der Waals surface area contributed by atoms with Gasteiger partial charge in [-0.05, 0) is 57.4 Å². The van der Waals surface area contributed by atoms with Gasteiger partial charge in [-0.15, -0.1) is 0 Å². The maximum atomic E-state index is 13.0. The third-order valence-electron chi connectivity index (χ3n) is 5.78. The second-order valence-corrected chi connectivity index (χ2v) is 7.88. The lowest BCUT2D eigenvalue weighted by Crippen LogP contribution is -2.44. The van der Waals surface area contributed by atoms with E-state index in [-0.39, 0.29) is 17.7 Å². The number of aryl methyl sites for hydroxylation is 1. The first kappa shape index (κ1) is 21.9. The van der Waals surface area contributed by atoms with E-state index in [1.54, 1.807) is 0 Å². The summed E-state index contributed by atoms with van der Waals surface area (Å²) in [6.07, 6.45) is 1.45. The van der Waals surface area contributed by atoms with Crippen LogP contribution in [0.4, 0.5) is 0 Å². The van der Waals surface area contributed by atoms with E-state index in [2.05, 4.69) is 19.1 Å². The van der Waals surface area contributed by atoms with Crippen molar-refractivity contribution in [3.8, 4) is 5.75 Å². The van der Waals surface area contributed by atoms with Crippen molar-refractivity contribution < 1.29 is 14.3 Å². The van der Waals surface area contributed by atoms with E-state index in [1.165, 1.54) is 5.56 Å². The minimum atomic E-state index is 0.00439. The van der Waals surface area contributed by atoms with Crippen LogP contribution in [0.1, 0.15) is 48.2 Å². The van der Waals surface area contributed by atoms with Crippen LogP contribution in [-0.4, -0.2) is 47.8 Å². The van der Waals surface area contributed by atoms with Crippen LogP contribution >= 0.6 is 0 Å². The average Bonchev–Trinajstić information content (AvgIpc) is 2.78. The molecule has 5 heteroatoms. The second kappa shape index (κ2) is 10.3. The van der Waals surface area contributed by atoms with Crippen LogP contribution in [-0.2, 0) is 11.4 Å². The van der Waals surface area contributed by atoms with Crippen LogP contribution < -0.4 is 4.74 Å². The van der Waals surface area contributed by atoms with Gasteiger partial charge in [0.25, 0.3) is 5.91 Å². The van der Waals surface area contributed by atoms with Gasteiger partial charge in [0, 0.05) is 37.7 Å². The van der Waals surface area contributed by atoms with Crippen LogP contribution in [0, 0.1) is 12.8 Å². The molecule has 0 aliphatic carbocycles. The molecule has 0 aromatic heterocycles. The number of piperidine rings is 1. The predicted molar refractivity (Wildman–Crippen MR) is 119 cm³/mol. The number of hydrogen-bond acceptors (Lipinski definition) is 3. The third kappa shape index (κ3) is 5.41. The Morgan fingerprint density at radius 2 is 1.73 bits per heavy atom. The number of amides is 2. The molecule has 30 heavy (non-hydrogen) atoms. The van der Waals surface area contributed by atoms with Crippen LogP contribution in [0.25, 0.3) is 0 Å². The summed E-state index contributed by atoms with van der Waals surface area (Å²) in [6.45, 7) is 9.26. The summed E-state index contributed by atoms with van der Waals surface area (Å²) < 4.78 is 5.90. The van der Waals surface area contributed by atoms with Crippen molar-refractivity contribution in [1.82, 2.24) is 9.80 Å². The van der Waals surface area contributed by atoms with E-state index >= 15 is 0 Å². The van der Waals surface area contributed by atoms with Gasteiger partial charge in [-0.25, -0.2) is 0 Å². The Kier molecular flexibility index (Phi) is 7.50. The molecule has 160 valence electrons. The van der Waals surface area contributed by atoms with Gasteiger partial charge in [0.2, 0.25) is 5.91 Å². The summed E-state index contributed by atoms with van der Waals surface area (Å²) in [5.41, 5.74) is 2.93. The second-order valence-electron chi connectivity index (χ2n) is 7.88. The SMILES string of the molecule is CCN(CC)C(=O)C1CCN(C(=O)c2cccc(OCc3cccc(C)c3)c2)CC1. The Morgan fingerprint density at radius 3 is 2.40 bits per heavy atom. The maximum absolute atomic E-state index is 13.0. The summed E-state index contributed by atoms with van der Waals surface area (Å²) >= 11 is 0. The first-order valence-electron chi connectivity index (χ1n) is 10.9. The van der Waals surface area contributed by atoms with Crippen molar-refractivity contribution in [2.24, 2.45) is 5.92 Å². The monoisotopic (exact) mass is 408 g/mol. The predicted octanol–water partition coefficient (Wildman–Crippen LogP) is 4.29. The molecule has 2 aromatic carbocycles. The van der Waals surface area contributed by atoms with Gasteiger partial charge >= 0.3 is 0 Å². The average molecular weight is 409 g/mol. The van der Waals surface area contributed by atoms with Gasteiger partial charge < -0.3 is 14.5 Å². The topological polar surface area (TPSA) is 49.9 Å². The van der Waals surface area contributed by atoms with E-state index < -0.39 is 0 Å². The Bertz CT molecular complexity index is 868. The molecule has 0 unspecified atom stereocenters. The molecule has 1 fully saturated rings. The Morgan fingerprint density at radius 1 is 1.03 bits per heavy atom. The van der Waals surface area contributed by atoms with E-state index in [0.717, 1.165) is 31.5 Å². The van der Waals surface area contributed by atoms with Gasteiger partial charge in [0.1, 0.15) is 12.4 Å². The lowest BCUT2D eigenvalue weighted by molar-refractivity contribution is -0.136. The molecule has 5 nitrogen and oxygen atoms in total. The number of hydrogen-bond donors (Lipinski definition) is 0. The lowest BCUT2D eigenvalue weighted by Gasteiger charge is -2.33. The minimum absolute atomic E-state index is 0.00439. The fourth-order valence-electron chi connectivity index (χ4n) is 3.99. The summed E-state index contributed by atoms with van der Waals surface area (Å²) in [5.74, 6) is 0.940. The zero-order chi connectivity index (χ0) is 21.5. The smallest absolute Gasteiger partial charge is 0.253 e. The summed E-state index contributed by atoms with van der Waals surface area (Å²) in [4.78, 5) is 29.3. The number of rotatable bonds is 7. The van der Waals surface area contributed by atoms with Crippen molar-refractivity contribution >= 4 is 11.8 Å². The number of benzene rings is 2. The zero-order valence-corrected chi connectivity index (χ0v) is 18.3. The largest absolute Gasteiger partial charge is 0.489 e. The molecule has 0 saturated carbocycles. The number of nitrogens with zero attached hydrogens (tertiary/aromatic N) is 2. The van der Waals surface area contributed by atoms with Crippen molar-refractivity contribution in [2.45, 2.75) is 40.2 Å². The highest BCUT2D eigenvalue weighted by atomic mass is 16.5. The zero-order valence-electron chi connectivity index (χ0n) is 18.3. The van der Waals surface area contributed by atoms with Gasteiger partial charge in [-0.3, -0.25) is 9.59 Å². The molecule has 1 aliphatic rings. The molecule has 1 saturated heterocycles. The fourth-order valence-corrected chi connectivity index (χ4v) is 3.99. The Labute approximate surface area is 179 Å². The maximum Gasteiger partial charge on any atom is 0.253 e. The van der Waals surface area contributed by atoms with E-state index in [1.807, 2.05) is 60.0 Å². The van der Waals surface area contributed by atoms with Gasteiger partial charge in [0.05, 0.1) is 0 Å². The molecule has 2 aromatic rings. The highest BCUT2D eigenvalue weighted by molar-refractivity contribution is 5.94. The normalized spacial score (nSPS) is 14.4. The van der Waals surface area contributed by atoms with E-state index in [4.69, 9.17) is 4.74 Å². The van der Waals surface area contributed by atoms with Crippen LogP contribution in [0.15, 0.2) is 48.5 Å². The first-order valence-corrected chi connectivity index (χ1v) is 10.9. The molecule has 3 rings (SSSR count).